The van der Waals surface area contributed by atoms with E-state index in [1.165, 1.54) is 76.2 Å². The van der Waals surface area contributed by atoms with Crippen LogP contribution in [0.4, 0.5) is 0 Å². The Balaban J connectivity index is 1.64. The SMILES string of the molecule is CC(C)=CCCC1=C(C)[C@H]2CC[C@@H]3[C@@]4(C)CCCC(C)(C)[C@@H]4CC[C@@]3(C)[C@]2(C)CC1. The lowest BCUT2D eigenvalue weighted by molar-refractivity contribution is -0.205. The average Bonchev–Trinajstić information content (AvgIpc) is 2.63. The molecule has 0 aromatic rings. The Hall–Kier alpha value is -0.520. The fraction of sp³-hybridized carbons (Fsp3) is 0.867. The summed E-state index contributed by atoms with van der Waals surface area (Å²) in [7, 11) is 0. The van der Waals surface area contributed by atoms with Gasteiger partial charge in [-0.2, -0.15) is 0 Å². The third kappa shape index (κ3) is 3.21. The summed E-state index contributed by atoms with van der Waals surface area (Å²) in [4.78, 5) is 0. The first-order valence-electron chi connectivity index (χ1n) is 13.3. The van der Waals surface area contributed by atoms with Crippen molar-refractivity contribution in [3.05, 3.63) is 22.8 Å². The van der Waals surface area contributed by atoms with E-state index in [1.54, 1.807) is 0 Å². The molecule has 0 N–H and O–H groups in total. The van der Waals surface area contributed by atoms with Gasteiger partial charge >= 0.3 is 0 Å². The van der Waals surface area contributed by atoms with E-state index in [4.69, 9.17) is 0 Å². The van der Waals surface area contributed by atoms with Crippen LogP contribution < -0.4 is 0 Å². The quantitative estimate of drug-likeness (QED) is 0.406. The number of hydrogen-bond acceptors (Lipinski definition) is 0. The molecule has 4 aliphatic carbocycles. The van der Waals surface area contributed by atoms with Crippen LogP contribution in [0.1, 0.15) is 126 Å². The molecule has 0 spiro atoms. The van der Waals surface area contributed by atoms with Crippen LogP contribution in [0.2, 0.25) is 0 Å². The molecule has 0 heteroatoms. The summed E-state index contributed by atoms with van der Waals surface area (Å²) in [5.41, 5.74) is 7.26. The van der Waals surface area contributed by atoms with Crippen LogP contribution in [-0.4, -0.2) is 0 Å². The Morgan fingerprint density at radius 3 is 2.30 bits per heavy atom. The van der Waals surface area contributed by atoms with E-state index in [9.17, 15) is 0 Å². The molecule has 0 saturated heterocycles. The van der Waals surface area contributed by atoms with Crippen molar-refractivity contribution in [2.24, 2.45) is 39.4 Å². The van der Waals surface area contributed by atoms with Crippen LogP contribution in [0.25, 0.3) is 0 Å². The molecule has 30 heavy (non-hydrogen) atoms. The summed E-state index contributed by atoms with van der Waals surface area (Å²) in [6.45, 7) is 20.4. The molecule has 0 unspecified atom stereocenters. The molecular formula is C30H50. The summed E-state index contributed by atoms with van der Waals surface area (Å²) in [5.74, 6) is 2.72. The number of allylic oxidation sites excluding steroid dienone is 4. The smallest absolute Gasteiger partial charge is 0.0144 e. The monoisotopic (exact) mass is 410 g/mol. The third-order valence-corrected chi connectivity index (χ3v) is 11.6. The maximum Gasteiger partial charge on any atom is -0.0144 e. The van der Waals surface area contributed by atoms with Crippen LogP contribution in [0, 0.1) is 39.4 Å². The van der Waals surface area contributed by atoms with E-state index in [0.29, 0.717) is 21.7 Å². The number of hydrogen-bond donors (Lipinski definition) is 0. The van der Waals surface area contributed by atoms with Gasteiger partial charge in [0.1, 0.15) is 0 Å². The van der Waals surface area contributed by atoms with Gasteiger partial charge in [0.2, 0.25) is 0 Å². The van der Waals surface area contributed by atoms with E-state index >= 15 is 0 Å². The molecule has 4 aliphatic rings. The highest BCUT2D eigenvalue weighted by molar-refractivity contribution is 5.27. The molecule has 6 atom stereocenters. The molecule has 0 radical (unpaired) electrons. The second-order valence-corrected chi connectivity index (χ2v) is 13.6. The van der Waals surface area contributed by atoms with Crippen molar-refractivity contribution in [2.75, 3.05) is 0 Å². The summed E-state index contributed by atoms with van der Waals surface area (Å²) in [6.07, 6.45) is 18.1. The van der Waals surface area contributed by atoms with E-state index < -0.39 is 0 Å². The van der Waals surface area contributed by atoms with Crippen molar-refractivity contribution in [1.82, 2.24) is 0 Å². The second kappa shape index (κ2) is 7.52. The van der Waals surface area contributed by atoms with Crippen molar-refractivity contribution in [1.29, 1.82) is 0 Å². The van der Waals surface area contributed by atoms with E-state index in [1.807, 2.05) is 11.1 Å². The highest BCUT2D eigenvalue weighted by atomic mass is 14.7. The molecule has 3 fully saturated rings. The van der Waals surface area contributed by atoms with Gasteiger partial charge in [-0.1, -0.05) is 63.8 Å². The zero-order valence-corrected chi connectivity index (χ0v) is 21.6. The van der Waals surface area contributed by atoms with Gasteiger partial charge in [0.25, 0.3) is 0 Å². The Kier molecular flexibility index (Phi) is 5.68. The summed E-state index contributed by atoms with van der Waals surface area (Å²) in [5, 5.41) is 0. The Bertz CT molecular complexity index is 731. The third-order valence-electron chi connectivity index (χ3n) is 11.6. The molecular weight excluding hydrogens is 360 g/mol. The Labute approximate surface area is 188 Å². The normalized spacial score (nSPS) is 45.3. The highest BCUT2D eigenvalue weighted by Crippen LogP contribution is 2.74. The minimum absolute atomic E-state index is 0.510. The maximum absolute atomic E-state index is 2.76. The standard InChI is InChI=1S/C30H50/c1-21(2)11-9-12-23-15-19-29(7)24(22(23)3)13-14-26-28(6)18-10-17-27(4,5)25(28)16-20-30(26,29)8/h11,24-26H,9-10,12-20H2,1-8H3/t24-,25+,26-,28+,29-,30-/m1/s1. The van der Waals surface area contributed by atoms with Crippen molar-refractivity contribution < 1.29 is 0 Å². The summed E-state index contributed by atoms with van der Waals surface area (Å²) >= 11 is 0. The maximum atomic E-state index is 2.76. The number of fused-ring (bicyclic) bond motifs is 5. The van der Waals surface area contributed by atoms with Crippen molar-refractivity contribution in [2.45, 2.75) is 126 Å². The molecule has 4 rings (SSSR count). The second-order valence-electron chi connectivity index (χ2n) is 13.6. The Morgan fingerprint density at radius 1 is 0.867 bits per heavy atom. The predicted molar refractivity (Wildman–Crippen MR) is 131 cm³/mol. The van der Waals surface area contributed by atoms with Gasteiger partial charge in [0, 0.05) is 0 Å². The molecule has 0 aromatic heterocycles. The van der Waals surface area contributed by atoms with Crippen LogP contribution in [0.3, 0.4) is 0 Å². The number of rotatable bonds is 3. The lowest BCUT2D eigenvalue weighted by atomic mass is 9.34. The molecule has 170 valence electrons. The molecule has 0 amide bonds. The molecule has 0 bridgehead atoms. The lowest BCUT2D eigenvalue weighted by Crippen LogP contribution is -2.63. The largest absolute Gasteiger partial charge is 0.0856 e. The van der Waals surface area contributed by atoms with Crippen molar-refractivity contribution in [3.8, 4) is 0 Å². The van der Waals surface area contributed by atoms with E-state index in [-0.39, 0.29) is 0 Å². The molecule has 0 aliphatic heterocycles. The zero-order valence-electron chi connectivity index (χ0n) is 21.6. The van der Waals surface area contributed by atoms with Crippen LogP contribution in [0.5, 0.6) is 0 Å². The van der Waals surface area contributed by atoms with Gasteiger partial charge in [0.15, 0.2) is 0 Å². The van der Waals surface area contributed by atoms with Crippen LogP contribution in [-0.2, 0) is 0 Å². The first-order chi connectivity index (χ1) is 14.0. The molecule has 0 nitrogen and oxygen atoms in total. The average molecular weight is 411 g/mol. The van der Waals surface area contributed by atoms with Gasteiger partial charge in [-0.05, 0) is 124 Å². The Morgan fingerprint density at radius 2 is 1.60 bits per heavy atom. The van der Waals surface area contributed by atoms with E-state index in [2.05, 4.69) is 61.5 Å². The zero-order chi connectivity index (χ0) is 21.9. The first kappa shape index (κ1) is 22.7. The highest BCUT2D eigenvalue weighted by Gasteiger charge is 2.66. The van der Waals surface area contributed by atoms with Gasteiger partial charge < -0.3 is 0 Å². The van der Waals surface area contributed by atoms with Crippen molar-refractivity contribution >= 4 is 0 Å². The molecule has 0 aromatic carbocycles. The van der Waals surface area contributed by atoms with E-state index in [0.717, 1.165) is 17.8 Å². The fourth-order valence-corrected chi connectivity index (χ4v) is 9.90. The summed E-state index contributed by atoms with van der Waals surface area (Å²) in [6, 6.07) is 0. The minimum atomic E-state index is 0.510. The lowest BCUT2D eigenvalue weighted by Gasteiger charge is -2.70. The van der Waals surface area contributed by atoms with Gasteiger partial charge in [-0.25, -0.2) is 0 Å². The topological polar surface area (TPSA) is 0 Å². The minimum Gasteiger partial charge on any atom is -0.0856 e. The summed E-state index contributed by atoms with van der Waals surface area (Å²) < 4.78 is 0. The van der Waals surface area contributed by atoms with Crippen LogP contribution >= 0.6 is 0 Å². The molecule has 0 heterocycles. The van der Waals surface area contributed by atoms with Gasteiger partial charge in [0.05, 0.1) is 0 Å². The van der Waals surface area contributed by atoms with Gasteiger partial charge in [-0.15, -0.1) is 0 Å². The van der Waals surface area contributed by atoms with Gasteiger partial charge in [-0.3, -0.25) is 0 Å². The predicted octanol–water partition coefficient (Wildman–Crippen LogP) is 9.51. The fourth-order valence-electron chi connectivity index (χ4n) is 9.90. The van der Waals surface area contributed by atoms with Crippen LogP contribution in [0.15, 0.2) is 22.8 Å². The first-order valence-corrected chi connectivity index (χ1v) is 13.3. The molecule has 3 saturated carbocycles. The van der Waals surface area contributed by atoms with Crippen molar-refractivity contribution in [3.63, 3.8) is 0 Å².